The van der Waals surface area contributed by atoms with E-state index in [1.54, 1.807) is 5.32 Å². The minimum absolute atomic E-state index is 0.00146. The molecule has 0 aliphatic heterocycles. The lowest BCUT2D eigenvalue weighted by molar-refractivity contribution is -0.109. The van der Waals surface area contributed by atoms with E-state index in [0.717, 1.165) is 0 Å². The second kappa shape index (κ2) is 10.4. The van der Waals surface area contributed by atoms with Gasteiger partial charge in [-0.3, -0.25) is 15.4 Å². The minimum Gasteiger partial charge on any atom is -0.447 e. The zero-order chi connectivity index (χ0) is 12.9. The first-order valence-electron chi connectivity index (χ1n) is 4.69. The summed E-state index contributed by atoms with van der Waals surface area (Å²) < 4.78 is 14.1. The van der Waals surface area contributed by atoms with Crippen LogP contribution in [0.15, 0.2) is 12.8 Å². The number of alkyl carbamates (subject to hydrolysis) is 2. The zero-order valence-electron chi connectivity index (χ0n) is 9.14. The predicted molar refractivity (Wildman–Crippen MR) is 56.0 cm³/mol. The van der Waals surface area contributed by atoms with E-state index >= 15 is 0 Å². The number of imide groups is 1. The summed E-state index contributed by atoms with van der Waals surface area (Å²) >= 11 is 0. The van der Waals surface area contributed by atoms with Crippen LogP contribution >= 0.6 is 0 Å². The maximum atomic E-state index is 10.7. The van der Waals surface area contributed by atoms with Gasteiger partial charge in [0.05, 0.1) is 13.2 Å². The first kappa shape index (κ1) is 14.9. The van der Waals surface area contributed by atoms with E-state index in [9.17, 15) is 14.4 Å². The molecule has 0 saturated carbocycles. The summed E-state index contributed by atoms with van der Waals surface area (Å²) in [7, 11) is 0. The number of hydrogen-bond acceptors (Lipinski definition) is 6. The molecule has 0 rings (SSSR count). The van der Waals surface area contributed by atoms with Crippen molar-refractivity contribution >= 4 is 18.6 Å². The lowest BCUT2D eigenvalue weighted by Gasteiger charge is -2.06. The maximum absolute atomic E-state index is 10.7. The monoisotopic (exact) mass is 246 g/mol. The van der Waals surface area contributed by atoms with Crippen LogP contribution in [0.5, 0.6) is 0 Å². The largest absolute Gasteiger partial charge is 0.447 e. The average molecular weight is 246 g/mol. The molecule has 2 N–H and O–H groups in total. The number of carbonyl (C=O) groups is 3. The van der Waals surface area contributed by atoms with Gasteiger partial charge in [-0.25, -0.2) is 9.59 Å². The van der Waals surface area contributed by atoms with Gasteiger partial charge in [0.25, 0.3) is 0 Å². The Morgan fingerprint density at radius 3 is 2.00 bits per heavy atom. The van der Waals surface area contributed by atoms with Gasteiger partial charge in [-0.2, -0.15) is 0 Å². The average Bonchev–Trinajstić information content (AvgIpc) is 2.28. The van der Waals surface area contributed by atoms with E-state index in [1.165, 1.54) is 6.20 Å². The lowest BCUT2D eigenvalue weighted by Crippen LogP contribution is -2.24. The van der Waals surface area contributed by atoms with Crippen molar-refractivity contribution in [3.8, 4) is 0 Å². The molecule has 0 aliphatic rings. The molecule has 0 bridgehead atoms. The Balaban J connectivity index is 3.23. The van der Waals surface area contributed by atoms with Crippen LogP contribution in [0.1, 0.15) is 0 Å². The van der Waals surface area contributed by atoms with Gasteiger partial charge < -0.3 is 14.2 Å². The quantitative estimate of drug-likeness (QED) is 0.452. The fourth-order valence-corrected chi connectivity index (χ4v) is 0.703. The van der Waals surface area contributed by atoms with Gasteiger partial charge in [0.15, 0.2) is 0 Å². The molecule has 3 amide bonds. The van der Waals surface area contributed by atoms with Crippen LogP contribution in [0.25, 0.3) is 0 Å². The van der Waals surface area contributed by atoms with Crippen molar-refractivity contribution in [3.63, 3.8) is 0 Å². The van der Waals surface area contributed by atoms with Crippen molar-refractivity contribution < 1.29 is 28.6 Å². The SMILES string of the molecule is C=CNC(=O)OCCOCCOC(=O)NC=O. The second-order valence-corrected chi connectivity index (χ2v) is 2.49. The van der Waals surface area contributed by atoms with E-state index in [4.69, 9.17) is 4.74 Å². The van der Waals surface area contributed by atoms with Crippen LogP contribution < -0.4 is 10.6 Å². The van der Waals surface area contributed by atoms with Gasteiger partial charge in [0.2, 0.25) is 6.41 Å². The standard InChI is InChI=1S/C9H14N2O6/c1-2-10-8(13)16-5-3-15-4-6-17-9(14)11-7-12/h2,7H,1,3-6H2,(H,10,13)(H,11,12,14). The summed E-state index contributed by atoms with van der Waals surface area (Å²) in [5.41, 5.74) is 0. The molecule has 0 aromatic rings. The molecule has 0 spiro atoms. The molecule has 0 saturated heterocycles. The molecule has 0 aliphatic carbocycles. The molecular weight excluding hydrogens is 232 g/mol. The predicted octanol–water partition coefficient (Wildman–Crippen LogP) is -0.245. The summed E-state index contributed by atoms with van der Waals surface area (Å²) in [6.45, 7) is 3.65. The third-order valence-corrected chi connectivity index (χ3v) is 1.32. The van der Waals surface area contributed by atoms with E-state index in [-0.39, 0.29) is 32.8 Å². The molecule has 0 fully saturated rings. The van der Waals surface area contributed by atoms with Crippen molar-refractivity contribution in [1.82, 2.24) is 10.6 Å². The summed E-state index contributed by atoms with van der Waals surface area (Å²) in [4.78, 5) is 31.1. The maximum Gasteiger partial charge on any atom is 0.413 e. The second-order valence-electron chi connectivity index (χ2n) is 2.49. The highest BCUT2D eigenvalue weighted by Gasteiger charge is 2.00. The van der Waals surface area contributed by atoms with Gasteiger partial charge in [0.1, 0.15) is 13.2 Å². The molecule has 8 heteroatoms. The highest BCUT2D eigenvalue weighted by Crippen LogP contribution is 1.82. The van der Waals surface area contributed by atoms with Crippen molar-refractivity contribution in [1.29, 1.82) is 0 Å². The highest BCUT2D eigenvalue weighted by atomic mass is 16.6. The fraction of sp³-hybridized carbons (Fsp3) is 0.444. The lowest BCUT2D eigenvalue weighted by atomic mass is 10.7. The van der Waals surface area contributed by atoms with E-state index < -0.39 is 12.2 Å². The Morgan fingerprint density at radius 1 is 1.00 bits per heavy atom. The van der Waals surface area contributed by atoms with Gasteiger partial charge in [0, 0.05) is 0 Å². The van der Waals surface area contributed by atoms with Crippen molar-refractivity contribution in [2.75, 3.05) is 26.4 Å². The molecule has 96 valence electrons. The van der Waals surface area contributed by atoms with Crippen LogP contribution in [0, 0.1) is 0 Å². The van der Waals surface area contributed by atoms with Crippen molar-refractivity contribution in [3.05, 3.63) is 12.8 Å². The molecule has 0 aromatic heterocycles. The molecular formula is C9H14N2O6. The Morgan fingerprint density at radius 2 is 1.53 bits per heavy atom. The smallest absolute Gasteiger partial charge is 0.413 e. The number of rotatable bonds is 8. The molecule has 17 heavy (non-hydrogen) atoms. The van der Waals surface area contributed by atoms with Crippen molar-refractivity contribution in [2.45, 2.75) is 0 Å². The molecule has 0 heterocycles. The molecule has 0 atom stereocenters. The minimum atomic E-state index is -0.842. The van der Waals surface area contributed by atoms with Crippen LogP contribution in [0.3, 0.4) is 0 Å². The fourth-order valence-electron chi connectivity index (χ4n) is 0.703. The third-order valence-electron chi connectivity index (χ3n) is 1.32. The van der Waals surface area contributed by atoms with Gasteiger partial charge in [-0.1, -0.05) is 6.58 Å². The molecule has 0 aromatic carbocycles. The summed E-state index contributed by atoms with van der Waals surface area (Å²) in [6, 6.07) is 0. The van der Waals surface area contributed by atoms with Crippen LogP contribution in [0.2, 0.25) is 0 Å². The molecule has 0 radical (unpaired) electrons. The number of nitrogens with one attached hydrogen (secondary N) is 2. The molecule has 0 unspecified atom stereocenters. The molecule has 8 nitrogen and oxygen atoms in total. The van der Waals surface area contributed by atoms with E-state index in [1.807, 2.05) is 0 Å². The van der Waals surface area contributed by atoms with Crippen LogP contribution in [-0.2, 0) is 19.0 Å². The third kappa shape index (κ3) is 10.2. The summed E-state index contributed by atoms with van der Waals surface area (Å²) in [6.07, 6.45) is -0.0480. The number of ether oxygens (including phenoxy) is 3. The van der Waals surface area contributed by atoms with E-state index in [2.05, 4.69) is 21.4 Å². The zero-order valence-corrected chi connectivity index (χ0v) is 9.14. The Labute approximate surface area is 97.9 Å². The number of amides is 3. The first-order valence-corrected chi connectivity index (χ1v) is 4.69. The number of hydrogen-bond donors (Lipinski definition) is 2. The van der Waals surface area contributed by atoms with E-state index in [0.29, 0.717) is 0 Å². The highest BCUT2D eigenvalue weighted by molar-refractivity contribution is 5.79. The van der Waals surface area contributed by atoms with Gasteiger partial charge in [-0.15, -0.1) is 0 Å². The van der Waals surface area contributed by atoms with Crippen molar-refractivity contribution in [2.24, 2.45) is 0 Å². The topological polar surface area (TPSA) is 103 Å². The normalized spacial score (nSPS) is 8.94. The van der Waals surface area contributed by atoms with Crippen LogP contribution in [0.4, 0.5) is 9.59 Å². The Kier molecular flexibility index (Phi) is 9.15. The number of carbonyl (C=O) groups excluding carboxylic acids is 3. The first-order chi connectivity index (χ1) is 8.20. The van der Waals surface area contributed by atoms with Gasteiger partial charge in [-0.05, 0) is 6.20 Å². The summed E-state index contributed by atoms with van der Waals surface area (Å²) in [5, 5.41) is 4.01. The van der Waals surface area contributed by atoms with Crippen LogP contribution in [-0.4, -0.2) is 45.0 Å². The summed E-state index contributed by atoms with van der Waals surface area (Å²) in [5.74, 6) is 0. The Hall–Kier alpha value is -2.09. The Bertz CT molecular complexity index is 242. The van der Waals surface area contributed by atoms with Gasteiger partial charge >= 0.3 is 12.2 Å².